The molecule has 3 heteroatoms. The van der Waals surface area contributed by atoms with Crippen molar-refractivity contribution in [3.8, 4) is 0 Å². The van der Waals surface area contributed by atoms with Crippen LogP contribution in [0.5, 0.6) is 0 Å². The Morgan fingerprint density at radius 1 is 1.71 bits per heavy atom. The van der Waals surface area contributed by atoms with Gasteiger partial charge in [-0.05, 0) is 13.1 Å². The summed E-state index contributed by atoms with van der Waals surface area (Å²) in [6.45, 7) is 7.70. The Morgan fingerprint density at radius 3 is 2.43 bits per heavy atom. The molecule has 0 aliphatic heterocycles. The van der Waals surface area contributed by atoms with Crippen molar-refractivity contribution in [2.75, 3.05) is 0 Å². The molecule has 0 bridgehead atoms. The van der Waals surface area contributed by atoms with Crippen LogP contribution in [0.15, 0.2) is 12.6 Å². The summed E-state index contributed by atoms with van der Waals surface area (Å²) in [5, 5.41) is 0. The standard InChI is InChI=1S/C4H10BOSi/c1-4-5-6-7(2)3/h4,7H,1H2,2-3H3. The Hall–Kier alpha value is -0.0182. The van der Waals surface area contributed by atoms with Crippen molar-refractivity contribution >= 4 is 16.5 Å². The highest BCUT2D eigenvalue weighted by molar-refractivity contribution is 6.57. The minimum absolute atomic E-state index is 0.815. The van der Waals surface area contributed by atoms with Crippen LogP contribution in [-0.2, 0) is 4.34 Å². The van der Waals surface area contributed by atoms with Gasteiger partial charge in [-0.1, -0.05) is 5.98 Å². The quantitative estimate of drug-likeness (QED) is 0.490. The number of hydrogen-bond donors (Lipinski definition) is 0. The first kappa shape index (κ1) is 6.98. The van der Waals surface area contributed by atoms with Gasteiger partial charge in [0.1, 0.15) is 0 Å². The lowest BCUT2D eigenvalue weighted by Gasteiger charge is -1.98. The molecule has 7 heavy (non-hydrogen) atoms. The molecule has 1 nitrogen and oxygen atoms in total. The first-order chi connectivity index (χ1) is 3.27. The smallest absolute Gasteiger partial charge is 0.309 e. The predicted octanol–water partition coefficient (Wildman–Crippen LogP) is 0.749. The van der Waals surface area contributed by atoms with E-state index in [-0.39, 0.29) is 0 Å². The van der Waals surface area contributed by atoms with Crippen molar-refractivity contribution in [2.45, 2.75) is 13.1 Å². The molecule has 0 N–H and O–H groups in total. The topological polar surface area (TPSA) is 9.23 Å². The van der Waals surface area contributed by atoms with E-state index >= 15 is 0 Å². The normalized spacial score (nSPS) is 9.00. The largest absolute Gasteiger partial charge is 0.479 e. The number of rotatable bonds is 3. The average molecular weight is 113 g/mol. The summed E-state index contributed by atoms with van der Waals surface area (Å²) in [6.07, 6.45) is 0. The van der Waals surface area contributed by atoms with Gasteiger partial charge in [0.25, 0.3) is 0 Å². The lowest BCUT2D eigenvalue weighted by atomic mass is 10.1. The fourth-order valence-electron chi connectivity index (χ4n) is 0.213. The van der Waals surface area contributed by atoms with Crippen molar-refractivity contribution in [1.29, 1.82) is 0 Å². The monoisotopic (exact) mass is 113 g/mol. The van der Waals surface area contributed by atoms with Gasteiger partial charge in [0, 0.05) is 0 Å². The van der Waals surface area contributed by atoms with E-state index in [0.29, 0.717) is 0 Å². The van der Waals surface area contributed by atoms with Gasteiger partial charge in [-0.25, -0.2) is 0 Å². The highest BCUT2D eigenvalue weighted by atomic mass is 28.3. The van der Waals surface area contributed by atoms with Crippen LogP contribution in [0.3, 0.4) is 0 Å². The van der Waals surface area contributed by atoms with Crippen LogP contribution in [0.2, 0.25) is 13.1 Å². The Bertz CT molecular complexity index is 55.7. The molecule has 0 aliphatic rings. The van der Waals surface area contributed by atoms with Gasteiger partial charge in [-0.3, -0.25) is 0 Å². The van der Waals surface area contributed by atoms with Gasteiger partial charge < -0.3 is 4.34 Å². The Labute approximate surface area is 47.4 Å². The zero-order valence-corrected chi connectivity index (χ0v) is 6.00. The SMILES string of the molecule is C=C[B]O[SiH](C)C. The highest BCUT2D eigenvalue weighted by Crippen LogP contribution is 1.78. The molecular weight excluding hydrogens is 103 g/mol. The van der Waals surface area contributed by atoms with Crippen LogP contribution in [0.25, 0.3) is 0 Å². The van der Waals surface area contributed by atoms with E-state index in [2.05, 4.69) is 19.7 Å². The van der Waals surface area contributed by atoms with E-state index in [4.69, 9.17) is 4.34 Å². The lowest BCUT2D eigenvalue weighted by Crippen LogP contribution is -2.09. The molecule has 0 saturated carbocycles. The molecule has 0 amide bonds. The van der Waals surface area contributed by atoms with Gasteiger partial charge >= 0.3 is 7.48 Å². The van der Waals surface area contributed by atoms with Crippen molar-refractivity contribution in [1.82, 2.24) is 0 Å². The molecule has 0 heterocycles. The van der Waals surface area contributed by atoms with E-state index in [9.17, 15) is 0 Å². The summed E-state index contributed by atoms with van der Waals surface area (Å²) in [4.78, 5) is 0. The molecule has 39 valence electrons. The molecule has 0 atom stereocenters. The summed E-state index contributed by atoms with van der Waals surface area (Å²) >= 11 is 0. The molecule has 0 aliphatic carbocycles. The molecule has 0 aromatic rings. The molecule has 0 fully saturated rings. The van der Waals surface area contributed by atoms with Crippen LogP contribution >= 0.6 is 0 Å². The zero-order valence-electron chi connectivity index (χ0n) is 4.85. The van der Waals surface area contributed by atoms with E-state index in [1.54, 1.807) is 13.5 Å². The van der Waals surface area contributed by atoms with E-state index in [1.807, 2.05) is 0 Å². The minimum atomic E-state index is -0.815. The van der Waals surface area contributed by atoms with Crippen LogP contribution in [-0.4, -0.2) is 16.5 Å². The van der Waals surface area contributed by atoms with Gasteiger partial charge in [0.15, 0.2) is 9.04 Å². The summed E-state index contributed by atoms with van der Waals surface area (Å²) in [5.41, 5.74) is 0. The molecule has 0 aromatic heterocycles. The van der Waals surface area contributed by atoms with Gasteiger partial charge in [-0.2, -0.15) is 0 Å². The van der Waals surface area contributed by atoms with Gasteiger partial charge in [-0.15, -0.1) is 6.58 Å². The third kappa shape index (κ3) is 5.98. The van der Waals surface area contributed by atoms with E-state index in [0.717, 1.165) is 0 Å². The molecule has 0 rings (SSSR count). The summed E-state index contributed by atoms with van der Waals surface area (Å²) in [5.74, 6) is 1.66. The fraction of sp³-hybridized carbons (Fsp3) is 0.500. The van der Waals surface area contributed by atoms with Gasteiger partial charge in [0.05, 0.1) is 0 Å². The second kappa shape index (κ2) is 4.15. The van der Waals surface area contributed by atoms with Crippen LogP contribution in [0, 0.1) is 0 Å². The second-order valence-corrected chi connectivity index (χ2v) is 3.93. The fourth-order valence-corrected chi connectivity index (χ4v) is 0.638. The third-order valence-electron chi connectivity index (χ3n) is 0.447. The maximum atomic E-state index is 5.09. The third-order valence-corrected chi connectivity index (χ3v) is 1.15. The lowest BCUT2D eigenvalue weighted by molar-refractivity contribution is 0.634. The second-order valence-electron chi connectivity index (χ2n) is 1.56. The maximum Gasteiger partial charge on any atom is 0.309 e. The first-order valence-corrected chi connectivity index (χ1v) is 5.15. The molecule has 0 spiro atoms. The van der Waals surface area contributed by atoms with Gasteiger partial charge in [0.2, 0.25) is 0 Å². The number of hydrogen-bond acceptors (Lipinski definition) is 1. The zero-order chi connectivity index (χ0) is 5.70. The summed E-state index contributed by atoms with van der Waals surface area (Å²) < 4.78 is 5.09. The summed E-state index contributed by atoms with van der Waals surface area (Å²) in [7, 11) is 0.835. The highest BCUT2D eigenvalue weighted by Gasteiger charge is 1.90. The molecule has 1 radical (unpaired) electrons. The Kier molecular flexibility index (Phi) is 4.14. The van der Waals surface area contributed by atoms with Crippen molar-refractivity contribution in [3.63, 3.8) is 0 Å². The van der Waals surface area contributed by atoms with Crippen molar-refractivity contribution in [2.24, 2.45) is 0 Å². The Balaban J connectivity index is 2.81. The van der Waals surface area contributed by atoms with Crippen LogP contribution in [0.4, 0.5) is 0 Å². The first-order valence-electron chi connectivity index (χ1n) is 2.37. The van der Waals surface area contributed by atoms with Crippen LogP contribution in [0.1, 0.15) is 0 Å². The minimum Gasteiger partial charge on any atom is -0.479 e. The maximum absolute atomic E-state index is 5.09. The molecule has 0 unspecified atom stereocenters. The predicted molar refractivity (Wildman–Crippen MR) is 35.9 cm³/mol. The molecule has 0 aromatic carbocycles. The van der Waals surface area contributed by atoms with E-state index in [1.165, 1.54) is 0 Å². The molecule has 0 saturated heterocycles. The summed E-state index contributed by atoms with van der Waals surface area (Å²) in [6, 6.07) is 0. The van der Waals surface area contributed by atoms with Crippen molar-refractivity contribution < 1.29 is 4.34 Å². The molecular formula is C4H10BOSi. The van der Waals surface area contributed by atoms with E-state index < -0.39 is 9.04 Å². The Morgan fingerprint density at radius 2 is 2.29 bits per heavy atom. The van der Waals surface area contributed by atoms with Crippen LogP contribution < -0.4 is 0 Å². The van der Waals surface area contributed by atoms with Crippen molar-refractivity contribution in [3.05, 3.63) is 12.6 Å². The average Bonchev–Trinajstić information content (AvgIpc) is 1.61.